The smallest absolute Gasteiger partial charge is 0.324 e. The molecule has 0 radical (unpaired) electrons. The summed E-state index contributed by atoms with van der Waals surface area (Å²) in [6, 6.07) is 6.93. The number of nitrogens with one attached hydrogen (secondary N) is 1. The first-order chi connectivity index (χ1) is 17.4. The molecule has 0 aliphatic carbocycles. The third kappa shape index (κ3) is 3.80. The fourth-order valence-electron chi connectivity index (χ4n) is 3.58. The highest BCUT2D eigenvalue weighted by Gasteiger charge is 2.42. The zero-order chi connectivity index (χ0) is 26.8. The molecule has 3 aromatic rings. The SMILES string of the molecule is O=C1NC(=O)c2cc(Oc3ccc4c(c3)C(=O)N(OS(=O)(=O)c3c(F)c(F)cc(F)c3F)C4=O)ccc21. The van der Waals surface area contributed by atoms with Gasteiger partial charge in [-0.1, -0.05) is 0 Å². The van der Waals surface area contributed by atoms with Gasteiger partial charge in [0.05, 0.1) is 22.3 Å². The maximum atomic E-state index is 14.0. The van der Waals surface area contributed by atoms with E-state index in [9.17, 15) is 45.2 Å². The number of hydrogen-bond donors (Lipinski definition) is 1. The van der Waals surface area contributed by atoms with Crippen molar-refractivity contribution in [3.8, 4) is 11.5 Å². The van der Waals surface area contributed by atoms with Crippen molar-refractivity contribution in [1.29, 1.82) is 0 Å². The number of amides is 4. The van der Waals surface area contributed by atoms with Gasteiger partial charge in [-0.3, -0.25) is 24.5 Å². The van der Waals surface area contributed by atoms with Crippen LogP contribution in [-0.4, -0.2) is 37.1 Å². The van der Waals surface area contributed by atoms with Crippen LogP contribution in [0.4, 0.5) is 17.6 Å². The van der Waals surface area contributed by atoms with Crippen LogP contribution in [0.2, 0.25) is 0 Å². The maximum Gasteiger partial charge on any atom is 0.324 e. The predicted octanol–water partition coefficient (Wildman–Crippen LogP) is 2.84. The van der Waals surface area contributed by atoms with E-state index in [1.54, 1.807) is 0 Å². The normalized spacial score (nSPS) is 14.6. The van der Waals surface area contributed by atoms with Crippen LogP contribution in [0.3, 0.4) is 0 Å². The first-order valence-electron chi connectivity index (χ1n) is 9.87. The number of benzene rings is 3. The van der Waals surface area contributed by atoms with E-state index in [4.69, 9.17) is 4.74 Å². The number of nitrogens with zero attached hydrogens (tertiary/aromatic N) is 1. The Morgan fingerprint density at radius 2 is 1.19 bits per heavy atom. The number of fused-ring (bicyclic) bond motifs is 2. The van der Waals surface area contributed by atoms with Crippen LogP contribution >= 0.6 is 0 Å². The molecule has 0 aromatic heterocycles. The summed E-state index contributed by atoms with van der Waals surface area (Å²) in [5, 5.41) is 1.74. The van der Waals surface area contributed by atoms with Gasteiger partial charge in [0, 0.05) is 6.07 Å². The lowest BCUT2D eigenvalue weighted by Crippen LogP contribution is -2.33. The van der Waals surface area contributed by atoms with Gasteiger partial charge in [-0.15, -0.1) is 9.35 Å². The molecule has 0 saturated heterocycles. The van der Waals surface area contributed by atoms with Gasteiger partial charge in [0.15, 0.2) is 28.2 Å². The van der Waals surface area contributed by atoms with Crippen LogP contribution in [0.1, 0.15) is 41.4 Å². The van der Waals surface area contributed by atoms with E-state index >= 15 is 0 Å². The van der Waals surface area contributed by atoms with E-state index in [0.29, 0.717) is 0 Å². The van der Waals surface area contributed by atoms with Crippen molar-refractivity contribution in [3.05, 3.63) is 88.0 Å². The van der Waals surface area contributed by atoms with E-state index in [1.165, 1.54) is 24.3 Å². The quantitative estimate of drug-likeness (QED) is 0.299. The molecular weight excluding hydrogens is 528 g/mol. The van der Waals surface area contributed by atoms with Crippen molar-refractivity contribution >= 4 is 33.7 Å². The highest BCUT2D eigenvalue weighted by molar-refractivity contribution is 7.86. The Labute approximate surface area is 203 Å². The van der Waals surface area contributed by atoms with Crippen molar-refractivity contribution < 1.29 is 54.2 Å². The molecule has 2 aliphatic rings. The fourth-order valence-corrected chi connectivity index (χ4v) is 4.62. The van der Waals surface area contributed by atoms with Crippen LogP contribution in [0, 0.1) is 23.3 Å². The van der Waals surface area contributed by atoms with E-state index in [0.717, 1.165) is 12.1 Å². The Hall–Kier alpha value is -4.63. The summed E-state index contributed by atoms with van der Waals surface area (Å²) in [5.74, 6) is -12.8. The maximum absolute atomic E-state index is 14.0. The Morgan fingerprint density at radius 3 is 1.81 bits per heavy atom. The van der Waals surface area contributed by atoms with Crippen LogP contribution < -0.4 is 10.1 Å². The number of ether oxygens (including phenoxy) is 1. The lowest BCUT2D eigenvalue weighted by Gasteiger charge is -2.14. The van der Waals surface area contributed by atoms with Crippen molar-refractivity contribution in [2.45, 2.75) is 4.90 Å². The summed E-state index contributed by atoms with van der Waals surface area (Å²) < 4.78 is 89.4. The number of halogens is 4. The van der Waals surface area contributed by atoms with Crippen LogP contribution in [-0.2, 0) is 14.4 Å². The molecule has 0 saturated carbocycles. The number of rotatable bonds is 5. The Balaban J connectivity index is 1.43. The van der Waals surface area contributed by atoms with Crippen molar-refractivity contribution in [1.82, 2.24) is 10.4 Å². The number of imide groups is 2. The largest absolute Gasteiger partial charge is 0.457 e. The van der Waals surface area contributed by atoms with E-state index in [-0.39, 0.29) is 33.8 Å². The Bertz CT molecular complexity index is 1680. The molecule has 0 atom stereocenters. The lowest BCUT2D eigenvalue weighted by molar-refractivity contribution is -0.0107. The summed E-state index contributed by atoms with van der Waals surface area (Å²) in [7, 11) is -5.75. The Morgan fingerprint density at radius 1 is 0.676 bits per heavy atom. The third-order valence-corrected chi connectivity index (χ3v) is 6.46. The molecule has 10 nitrogen and oxygen atoms in total. The molecule has 0 unspecified atom stereocenters. The summed E-state index contributed by atoms with van der Waals surface area (Å²) in [6.07, 6.45) is 0. The van der Waals surface area contributed by atoms with E-state index < -0.39 is 73.0 Å². The van der Waals surface area contributed by atoms with Crippen LogP contribution in [0.15, 0.2) is 47.4 Å². The molecule has 4 amide bonds. The molecule has 2 heterocycles. The number of carbonyl (C=O) groups excluding carboxylic acids is 4. The number of hydrogen-bond acceptors (Lipinski definition) is 8. The topological polar surface area (TPSA) is 136 Å². The molecule has 0 spiro atoms. The zero-order valence-corrected chi connectivity index (χ0v) is 18.5. The minimum absolute atomic E-state index is 0.0351. The highest BCUT2D eigenvalue weighted by Crippen LogP contribution is 2.33. The lowest BCUT2D eigenvalue weighted by atomic mass is 10.1. The average molecular weight is 536 g/mol. The summed E-state index contributed by atoms with van der Waals surface area (Å²) in [6.45, 7) is 0. The van der Waals surface area contributed by atoms with Crippen LogP contribution in [0.25, 0.3) is 0 Å². The molecule has 0 fully saturated rings. The molecule has 0 bridgehead atoms. The average Bonchev–Trinajstić information content (AvgIpc) is 3.24. The highest BCUT2D eigenvalue weighted by atomic mass is 32.2. The van der Waals surface area contributed by atoms with E-state index in [2.05, 4.69) is 9.60 Å². The van der Waals surface area contributed by atoms with Gasteiger partial charge < -0.3 is 4.74 Å². The molecule has 1 N–H and O–H groups in total. The fraction of sp³-hybridized carbons (Fsp3) is 0. The van der Waals surface area contributed by atoms with E-state index in [1.807, 2.05) is 0 Å². The molecule has 37 heavy (non-hydrogen) atoms. The van der Waals surface area contributed by atoms with Gasteiger partial charge in [-0.2, -0.15) is 8.42 Å². The van der Waals surface area contributed by atoms with Crippen molar-refractivity contribution in [3.63, 3.8) is 0 Å². The van der Waals surface area contributed by atoms with Gasteiger partial charge in [-0.05, 0) is 36.4 Å². The first kappa shape index (κ1) is 24.1. The molecule has 3 aromatic carbocycles. The summed E-state index contributed by atoms with van der Waals surface area (Å²) in [4.78, 5) is 46.5. The number of carbonyl (C=O) groups is 4. The standard InChI is InChI=1S/C22H8F4N2O8S/c23-14-7-15(24)17(26)18(16(14)25)37(33,34)36-28-21(31)11-4-2-9(6-13(11)22(28)32)35-8-1-3-10-12(5-8)20(30)27-19(10)29/h1-7H,(H,27,29,30). The molecule has 2 aliphatic heterocycles. The van der Waals surface area contributed by atoms with Gasteiger partial charge >= 0.3 is 10.1 Å². The second-order valence-electron chi connectivity index (χ2n) is 7.53. The summed E-state index contributed by atoms with van der Waals surface area (Å²) >= 11 is 0. The molecule has 15 heteroatoms. The van der Waals surface area contributed by atoms with Gasteiger partial charge in [0.2, 0.25) is 0 Å². The molecular formula is C22H8F4N2O8S. The predicted molar refractivity (Wildman–Crippen MR) is 110 cm³/mol. The van der Waals surface area contributed by atoms with Crippen molar-refractivity contribution in [2.75, 3.05) is 0 Å². The van der Waals surface area contributed by atoms with Gasteiger partial charge in [-0.25, -0.2) is 17.6 Å². The first-order valence-corrected chi connectivity index (χ1v) is 11.3. The second kappa shape index (κ2) is 8.21. The van der Waals surface area contributed by atoms with Gasteiger partial charge in [0.25, 0.3) is 23.6 Å². The molecule has 5 rings (SSSR count). The minimum Gasteiger partial charge on any atom is -0.457 e. The van der Waals surface area contributed by atoms with Crippen LogP contribution in [0.5, 0.6) is 11.5 Å². The summed E-state index contributed by atoms with van der Waals surface area (Å²) in [5.41, 5.74) is -0.684. The molecule has 188 valence electrons. The third-order valence-electron chi connectivity index (χ3n) is 5.26. The minimum atomic E-state index is -5.75. The monoisotopic (exact) mass is 536 g/mol. The zero-order valence-electron chi connectivity index (χ0n) is 17.7. The number of hydroxylamine groups is 2. The van der Waals surface area contributed by atoms with Gasteiger partial charge in [0.1, 0.15) is 11.5 Å². The Kier molecular flexibility index (Phi) is 5.34. The second-order valence-corrected chi connectivity index (χ2v) is 9.00. The van der Waals surface area contributed by atoms with Crippen molar-refractivity contribution in [2.24, 2.45) is 0 Å².